The number of phenolic OH excluding ortho intramolecular Hbond substituents is 1. The van der Waals surface area contributed by atoms with Crippen molar-refractivity contribution >= 4 is 33.0 Å². The van der Waals surface area contributed by atoms with Crippen LogP contribution in [0.5, 0.6) is 11.5 Å². The average molecular weight is 474 g/mol. The SMILES string of the molecule is Cc1nc(COc2ccc(C(=O)Nc3cc(S(=O)(=O)N4CCCC4)ccc3O)cc2)cs1. The highest BCUT2D eigenvalue weighted by Gasteiger charge is 2.28. The third-order valence-electron chi connectivity index (χ3n) is 5.09. The third-order valence-corrected chi connectivity index (χ3v) is 7.81. The van der Waals surface area contributed by atoms with Gasteiger partial charge in [-0.25, -0.2) is 13.4 Å². The summed E-state index contributed by atoms with van der Waals surface area (Å²) in [4.78, 5) is 17.0. The summed E-state index contributed by atoms with van der Waals surface area (Å²) in [6.07, 6.45) is 1.65. The van der Waals surface area contributed by atoms with Crippen molar-refractivity contribution in [3.63, 3.8) is 0 Å². The highest BCUT2D eigenvalue weighted by Crippen LogP contribution is 2.30. The lowest BCUT2D eigenvalue weighted by Gasteiger charge is -2.16. The minimum Gasteiger partial charge on any atom is -0.506 e. The number of thiazole rings is 1. The number of carbonyl (C=O) groups excluding carboxylic acids is 1. The van der Waals surface area contributed by atoms with Crippen LogP contribution in [-0.4, -0.2) is 41.8 Å². The van der Waals surface area contributed by atoms with Crippen LogP contribution in [0.15, 0.2) is 52.7 Å². The summed E-state index contributed by atoms with van der Waals surface area (Å²) in [7, 11) is -3.66. The van der Waals surface area contributed by atoms with Gasteiger partial charge in [-0.2, -0.15) is 4.31 Å². The summed E-state index contributed by atoms with van der Waals surface area (Å²) in [6, 6.07) is 10.4. The Kier molecular flexibility index (Phi) is 6.45. The molecule has 2 heterocycles. The van der Waals surface area contributed by atoms with Crippen molar-refractivity contribution in [3.8, 4) is 11.5 Å². The van der Waals surface area contributed by atoms with E-state index >= 15 is 0 Å². The van der Waals surface area contributed by atoms with E-state index in [4.69, 9.17) is 4.74 Å². The number of nitrogens with zero attached hydrogens (tertiary/aromatic N) is 2. The zero-order chi connectivity index (χ0) is 22.7. The molecule has 2 aromatic carbocycles. The number of hydrogen-bond donors (Lipinski definition) is 2. The molecular weight excluding hydrogens is 450 g/mol. The Hall–Kier alpha value is -2.95. The van der Waals surface area contributed by atoms with Gasteiger partial charge in [-0.15, -0.1) is 11.3 Å². The second-order valence-electron chi connectivity index (χ2n) is 7.42. The minimum absolute atomic E-state index is 0.0357. The molecule has 8 nitrogen and oxygen atoms in total. The molecule has 1 aromatic heterocycles. The first-order valence-corrected chi connectivity index (χ1v) is 12.4. The van der Waals surface area contributed by atoms with Crippen molar-refractivity contribution in [3.05, 3.63) is 64.1 Å². The first kappa shape index (κ1) is 22.3. The van der Waals surface area contributed by atoms with Crippen LogP contribution >= 0.6 is 11.3 Å². The number of aromatic hydroxyl groups is 1. The van der Waals surface area contributed by atoms with Gasteiger partial charge < -0.3 is 15.2 Å². The van der Waals surface area contributed by atoms with Gasteiger partial charge in [-0.1, -0.05) is 0 Å². The van der Waals surface area contributed by atoms with E-state index < -0.39 is 15.9 Å². The third kappa shape index (κ3) is 4.93. The number of aryl methyl sites for hydroxylation is 1. The van der Waals surface area contributed by atoms with Crippen LogP contribution in [0.3, 0.4) is 0 Å². The van der Waals surface area contributed by atoms with Gasteiger partial charge in [-0.3, -0.25) is 4.79 Å². The Morgan fingerprint density at radius 1 is 1.19 bits per heavy atom. The van der Waals surface area contributed by atoms with Crippen molar-refractivity contribution in [1.29, 1.82) is 0 Å². The van der Waals surface area contributed by atoms with Gasteiger partial charge in [0, 0.05) is 24.0 Å². The van der Waals surface area contributed by atoms with Crippen LogP contribution in [0.2, 0.25) is 0 Å². The molecule has 4 rings (SSSR count). The zero-order valence-corrected chi connectivity index (χ0v) is 19.1. The van der Waals surface area contributed by atoms with E-state index in [2.05, 4.69) is 10.3 Å². The number of amides is 1. The summed E-state index contributed by atoms with van der Waals surface area (Å²) < 4.78 is 32.6. The molecule has 2 N–H and O–H groups in total. The molecule has 0 spiro atoms. The molecule has 168 valence electrons. The van der Waals surface area contributed by atoms with Gasteiger partial charge in [0.25, 0.3) is 5.91 Å². The molecule has 0 unspecified atom stereocenters. The predicted octanol–water partition coefficient (Wildman–Crippen LogP) is 3.77. The van der Waals surface area contributed by atoms with Crippen molar-refractivity contribution < 1.29 is 23.1 Å². The van der Waals surface area contributed by atoms with Crippen LogP contribution < -0.4 is 10.1 Å². The number of phenols is 1. The first-order valence-electron chi connectivity index (χ1n) is 10.1. The number of hydrogen-bond acceptors (Lipinski definition) is 7. The summed E-state index contributed by atoms with van der Waals surface area (Å²) in [5.74, 6) is -0.0938. The lowest BCUT2D eigenvalue weighted by atomic mass is 10.2. The molecular formula is C22H23N3O5S2. The average Bonchev–Trinajstić information content (AvgIpc) is 3.46. The fourth-order valence-electron chi connectivity index (χ4n) is 3.38. The molecule has 1 saturated heterocycles. The molecule has 0 atom stereocenters. The second kappa shape index (κ2) is 9.27. The monoisotopic (exact) mass is 473 g/mol. The summed E-state index contributed by atoms with van der Waals surface area (Å²) in [5, 5.41) is 15.6. The topological polar surface area (TPSA) is 109 Å². The van der Waals surface area contributed by atoms with Crippen LogP contribution in [-0.2, 0) is 16.6 Å². The smallest absolute Gasteiger partial charge is 0.255 e. The van der Waals surface area contributed by atoms with E-state index in [0.29, 0.717) is 31.0 Å². The Balaban J connectivity index is 1.44. The fourth-order valence-corrected chi connectivity index (χ4v) is 5.52. The normalized spacial score (nSPS) is 14.4. The van der Waals surface area contributed by atoms with E-state index in [-0.39, 0.29) is 16.3 Å². The first-order chi connectivity index (χ1) is 15.3. The lowest BCUT2D eigenvalue weighted by molar-refractivity contribution is 0.102. The van der Waals surface area contributed by atoms with E-state index in [1.54, 1.807) is 35.6 Å². The largest absolute Gasteiger partial charge is 0.506 e. The molecule has 32 heavy (non-hydrogen) atoms. The highest BCUT2D eigenvalue weighted by atomic mass is 32.2. The van der Waals surface area contributed by atoms with Gasteiger partial charge in [0.1, 0.15) is 18.1 Å². The molecule has 1 aliphatic rings. The Labute approximate surface area is 190 Å². The van der Waals surface area contributed by atoms with Crippen molar-refractivity contribution in [2.75, 3.05) is 18.4 Å². The van der Waals surface area contributed by atoms with Gasteiger partial charge in [0.15, 0.2) is 0 Å². The predicted molar refractivity (Wildman–Crippen MR) is 122 cm³/mol. The number of benzene rings is 2. The van der Waals surface area contributed by atoms with Crippen LogP contribution in [0.4, 0.5) is 5.69 Å². The van der Waals surface area contributed by atoms with Crippen LogP contribution in [0, 0.1) is 6.92 Å². The Morgan fingerprint density at radius 2 is 1.91 bits per heavy atom. The van der Waals surface area contributed by atoms with E-state index in [0.717, 1.165) is 23.5 Å². The maximum absolute atomic E-state index is 12.8. The molecule has 1 fully saturated rings. The highest BCUT2D eigenvalue weighted by molar-refractivity contribution is 7.89. The van der Waals surface area contributed by atoms with Crippen molar-refractivity contribution in [1.82, 2.24) is 9.29 Å². The van der Waals surface area contributed by atoms with Gasteiger partial charge in [-0.05, 0) is 62.2 Å². The number of carbonyl (C=O) groups is 1. The van der Waals surface area contributed by atoms with E-state index in [1.165, 1.54) is 22.5 Å². The summed E-state index contributed by atoms with van der Waals surface area (Å²) in [5.41, 5.74) is 1.22. The van der Waals surface area contributed by atoms with Gasteiger partial charge >= 0.3 is 0 Å². The minimum atomic E-state index is -3.66. The Morgan fingerprint density at radius 3 is 2.56 bits per heavy atom. The summed E-state index contributed by atoms with van der Waals surface area (Å²) >= 11 is 1.55. The quantitative estimate of drug-likeness (QED) is 0.506. The number of sulfonamides is 1. The molecule has 0 saturated carbocycles. The molecule has 0 radical (unpaired) electrons. The summed E-state index contributed by atoms with van der Waals surface area (Å²) in [6.45, 7) is 3.21. The van der Waals surface area contributed by atoms with Gasteiger partial charge in [0.05, 0.1) is 21.3 Å². The van der Waals surface area contributed by atoms with Crippen LogP contribution in [0.1, 0.15) is 33.9 Å². The number of anilines is 1. The van der Waals surface area contributed by atoms with Crippen molar-refractivity contribution in [2.24, 2.45) is 0 Å². The fraction of sp³-hybridized carbons (Fsp3) is 0.273. The number of nitrogens with one attached hydrogen (secondary N) is 1. The second-order valence-corrected chi connectivity index (χ2v) is 10.4. The number of aromatic nitrogens is 1. The molecule has 10 heteroatoms. The molecule has 1 amide bonds. The maximum Gasteiger partial charge on any atom is 0.255 e. The number of rotatable bonds is 7. The van der Waals surface area contributed by atoms with E-state index in [1.807, 2.05) is 12.3 Å². The van der Waals surface area contributed by atoms with Gasteiger partial charge in [0.2, 0.25) is 10.0 Å². The standard InChI is InChI=1S/C22H23N3O5S2/c1-15-23-17(14-31-15)13-30-18-6-4-16(5-7-18)22(27)24-20-12-19(8-9-21(20)26)32(28,29)25-10-2-3-11-25/h4-9,12,14,26H,2-3,10-11,13H2,1H3,(H,24,27). The molecule has 3 aromatic rings. The molecule has 1 aliphatic heterocycles. The maximum atomic E-state index is 12.8. The molecule has 0 aliphatic carbocycles. The molecule has 0 bridgehead atoms. The lowest BCUT2D eigenvalue weighted by Crippen LogP contribution is -2.28. The van der Waals surface area contributed by atoms with E-state index in [9.17, 15) is 18.3 Å². The van der Waals surface area contributed by atoms with Crippen molar-refractivity contribution in [2.45, 2.75) is 31.3 Å². The number of ether oxygens (including phenoxy) is 1. The van der Waals surface area contributed by atoms with Crippen LogP contribution in [0.25, 0.3) is 0 Å². The zero-order valence-electron chi connectivity index (χ0n) is 17.4. The Bertz CT molecular complexity index is 1220.